The van der Waals surface area contributed by atoms with Crippen LogP contribution in [0.5, 0.6) is 0 Å². The standard InChI is InChI=1S/C28H25F2N3O4/c1-32(19-11-12-19)28(36)37-25(16-13-17(29)15-18(30)14-16)26(34)31-24-22-9-4-3-7-20(22)21-8-5-6-10-23(21)33(2)27(24)35/h3-10,13-15,19,24-25H,11-12H2,1-2H3,(H,31,34). The molecule has 190 valence electrons. The van der Waals surface area contributed by atoms with Crippen molar-refractivity contribution in [1.82, 2.24) is 10.2 Å². The second-order valence-electron chi connectivity index (χ2n) is 9.25. The maximum atomic E-state index is 14.1. The summed E-state index contributed by atoms with van der Waals surface area (Å²) >= 11 is 0. The Bertz CT molecular complexity index is 1370. The molecule has 2 aliphatic rings. The number of hydrogen-bond acceptors (Lipinski definition) is 4. The molecule has 37 heavy (non-hydrogen) atoms. The highest BCUT2D eigenvalue weighted by Gasteiger charge is 2.38. The van der Waals surface area contributed by atoms with Gasteiger partial charge in [-0.15, -0.1) is 0 Å². The number of nitrogens with one attached hydrogen (secondary N) is 1. The van der Waals surface area contributed by atoms with Crippen LogP contribution in [0.2, 0.25) is 0 Å². The molecule has 0 radical (unpaired) electrons. The van der Waals surface area contributed by atoms with Crippen molar-refractivity contribution in [3.63, 3.8) is 0 Å². The molecule has 1 fully saturated rings. The van der Waals surface area contributed by atoms with E-state index in [0.29, 0.717) is 17.3 Å². The number of carbonyl (C=O) groups is 3. The smallest absolute Gasteiger partial charge is 0.410 e. The van der Waals surface area contributed by atoms with Crippen LogP contribution in [0.15, 0.2) is 66.7 Å². The van der Waals surface area contributed by atoms with E-state index < -0.39 is 41.7 Å². The van der Waals surface area contributed by atoms with Gasteiger partial charge in [-0.05, 0) is 42.2 Å². The lowest BCUT2D eigenvalue weighted by Gasteiger charge is -2.26. The molecule has 0 saturated heterocycles. The summed E-state index contributed by atoms with van der Waals surface area (Å²) in [7, 11) is 3.15. The van der Waals surface area contributed by atoms with E-state index in [4.69, 9.17) is 4.74 Å². The van der Waals surface area contributed by atoms with Crippen molar-refractivity contribution in [2.24, 2.45) is 0 Å². The maximum absolute atomic E-state index is 14.1. The van der Waals surface area contributed by atoms with Gasteiger partial charge < -0.3 is 19.9 Å². The fourth-order valence-electron chi connectivity index (χ4n) is 4.59. The zero-order chi connectivity index (χ0) is 26.3. The minimum absolute atomic E-state index is 0.0112. The second kappa shape index (κ2) is 9.65. The molecule has 3 amide bonds. The van der Waals surface area contributed by atoms with Crippen LogP contribution in [0.4, 0.5) is 19.3 Å². The lowest BCUT2D eigenvalue weighted by atomic mass is 9.95. The summed E-state index contributed by atoms with van der Waals surface area (Å²) < 4.78 is 33.6. The molecule has 1 heterocycles. The predicted molar refractivity (Wildman–Crippen MR) is 133 cm³/mol. The molecule has 3 aromatic rings. The van der Waals surface area contributed by atoms with E-state index in [1.807, 2.05) is 36.4 Å². The highest BCUT2D eigenvalue weighted by Crippen LogP contribution is 2.40. The summed E-state index contributed by atoms with van der Waals surface area (Å²) in [5.41, 5.74) is 2.59. The minimum atomic E-state index is -1.69. The molecule has 1 saturated carbocycles. The van der Waals surface area contributed by atoms with E-state index in [0.717, 1.165) is 36.1 Å². The molecule has 7 nitrogen and oxygen atoms in total. The van der Waals surface area contributed by atoms with Crippen molar-refractivity contribution in [1.29, 1.82) is 0 Å². The van der Waals surface area contributed by atoms with Gasteiger partial charge in [0.2, 0.25) is 6.10 Å². The molecule has 0 bridgehead atoms. The molecule has 2 atom stereocenters. The number of carbonyl (C=O) groups excluding carboxylic acids is 3. The van der Waals surface area contributed by atoms with Gasteiger partial charge in [0.15, 0.2) is 0 Å². The third kappa shape index (κ3) is 4.76. The molecular weight excluding hydrogens is 480 g/mol. The summed E-state index contributed by atoms with van der Waals surface area (Å²) in [6.45, 7) is 0. The summed E-state index contributed by atoms with van der Waals surface area (Å²) in [5.74, 6) is -3.15. The number of halogens is 2. The average Bonchev–Trinajstić information content (AvgIpc) is 3.74. The van der Waals surface area contributed by atoms with Crippen LogP contribution >= 0.6 is 0 Å². The van der Waals surface area contributed by atoms with E-state index in [-0.39, 0.29) is 11.6 Å². The van der Waals surface area contributed by atoms with Crippen molar-refractivity contribution < 1.29 is 27.9 Å². The van der Waals surface area contributed by atoms with E-state index >= 15 is 0 Å². The topological polar surface area (TPSA) is 79.0 Å². The third-order valence-electron chi connectivity index (χ3n) is 6.72. The SMILES string of the molecule is CN1C(=O)C(NC(=O)C(OC(=O)N(C)C2CC2)c2cc(F)cc(F)c2)c2ccccc2-c2ccccc21. The second-order valence-corrected chi connectivity index (χ2v) is 9.25. The summed E-state index contributed by atoms with van der Waals surface area (Å²) in [4.78, 5) is 42.7. The van der Waals surface area contributed by atoms with Crippen LogP contribution in [0.1, 0.15) is 36.1 Å². The number of hydrogen-bond donors (Lipinski definition) is 1. The Hall–Kier alpha value is -4.27. The fourth-order valence-corrected chi connectivity index (χ4v) is 4.59. The first-order chi connectivity index (χ1) is 17.7. The number of amides is 3. The van der Waals surface area contributed by atoms with Gasteiger partial charge in [0.25, 0.3) is 11.8 Å². The number of benzene rings is 3. The van der Waals surface area contributed by atoms with Crippen LogP contribution in [-0.2, 0) is 14.3 Å². The number of rotatable bonds is 5. The van der Waals surface area contributed by atoms with E-state index in [9.17, 15) is 23.2 Å². The molecule has 9 heteroatoms. The lowest BCUT2D eigenvalue weighted by molar-refractivity contribution is -0.134. The Morgan fingerprint density at radius 2 is 1.62 bits per heavy atom. The van der Waals surface area contributed by atoms with E-state index in [1.54, 1.807) is 26.2 Å². The zero-order valence-corrected chi connectivity index (χ0v) is 20.3. The summed E-state index contributed by atoms with van der Waals surface area (Å²) in [5, 5.41) is 2.69. The van der Waals surface area contributed by atoms with E-state index in [1.165, 1.54) is 9.80 Å². The number of anilines is 1. The molecule has 1 aliphatic carbocycles. The minimum Gasteiger partial charge on any atom is -0.431 e. The van der Waals surface area contributed by atoms with Crippen molar-refractivity contribution in [2.75, 3.05) is 19.0 Å². The molecule has 1 N–H and O–H groups in total. The van der Waals surface area contributed by atoms with Crippen molar-refractivity contribution in [3.05, 3.63) is 89.5 Å². The van der Waals surface area contributed by atoms with Crippen molar-refractivity contribution in [3.8, 4) is 11.1 Å². The summed E-state index contributed by atoms with van der Waals surface area (Å²) in [6, 6.07) is 15.9. The number of fused-ring (bicyclic) bond motifs is 3. The fraction of sp³-hybridized carbons (Fsp3) is 0.250. The van der Waals surface area contributed by atoms with Crippen molar-refractivity contribution >= 4 is 23.6 Å². The first-order valence-electron chi connectivity index (χ1n) is 11.9. The number of ether oxygens (including phenoxy) is 1. The van der Waals surface area contributed by atoms with Gasteiger partial charge in [-0.25, -0.2) is 13.6 Å². The Kier molecular flexibility index (Phi) is 6.37. The van der Waals surface area contributed by atoms with Gasteiger partial charge in [-0.3, -0.25) is 9.59 Å². The quantitative estimate of drug-likeness (QED) is 0.544. The number of nitrogens with zero attached hydrogens (tertiary/aromatic N) is 2. The lowest BCUT2D eigenvalue weighted by Crippen LogP contribution is -2.44. The Morgan fingerprint density at radius 3 is 2.30 bits per heavy atom. The molecule has 5 rings (SSSR count). The van der Waals surface area contributed by atoms with Gasteiger partial charge in [0.05, 0.1) is 5.69 Å². The van der Waals surface area contributed by atoms with Crippen LogP contribution in [0, 0.1) is 11.6 Å². The van der Waals surface area contributed by atoms with E-state index in [2.05, 4.69) is 5.32 Å². The highest BCUT2D eigenvalue weighted by molar-refractivity contribution is 6.06. The van der Waals surface area contributed by atoms with Gasteiger partial charge in [0, 0.05) is 37.3 Å². The first kappa shape index (κ1) is 24.4. The highest BCUT2D eigenvalue weighted by atomic mass is 19.1. The molecule has 0 spiro atoms. The maximum Gasteiger partial charge on any atom is 0.410 e. The molecule has 1 aliphatic heterocycles. The molecular formula is C28H25F2N3O4. The monoisotopic (exact) mass is 505 g/mol. The predicted octanol–water partition coefficient (Wildman–Crippen LogP) is 4.74. The molecule has 2 unspecified atom stereocenters. The average molecular weight is 506 g/mol. The largest absolute Gasteiger partial charge is 0.431 e. The zero-order valence-electron chi connectivity index (χ0n) is 20.3. The van der Waals surface area contributed by atoms with Crippen LogP contribution < -0.4 is 10.2 Å². The Morgan fingerprint density at radius 1 is 1.00 bits per heavy atom. The van der Waals surface area contributed by atoms with Gasteiger partial charge in [0.1, 0.15) is 17.7 Å². The molecule has 0 aromatic heterocycles. The van der Waals surface area contributed by atoms with Gasteiger partial charge in [-0.1, -0.05) is 42.5 Å². The van der Waals surface area contributed by atoms with Crippen LogP contribution in [0.3, 0.4) is 0 Å². The van der Waals surface area contributed by atoms with Crippen molar-refractivity contribution in [2.45, 2.75) is 31.0 Å². The molecule has 3 aromatic carbocycles. The Labute approximate surface area is 212 Å². The van der Waals surface area contributed by atoms with Crippen LogP contribution in [0.25, 0.3) is 11.1 Å². The summed E-state index contributed by atoms with van der Waals surface area (Å²) in [6.07, 6.45) is -0.881. The number of para-hydroxylation sites is 1. The third-order valence-corrected chi connectivity index (χ3v) is 6.72. The van der Waals surface area contributed by atoms with Gasteiger partial charge >= 0.3 is 6.09 Å². The Balaban J connectivity index is 1.51. The number of likely N-dealkylation sites (N-methyl/N-ethyl adjacent to an activating group) is 1. The van der Waals surface area contributed by atoms with Crippen LogP contribution in [-0.4, -0.2) is 42.9 Å². The first-order valence-corrected chi connectivity index (χ1v) is 11.9. The normalized spacial score (nSPS) is 17.2. The van der Waals surface area contributed by atoms with Gasteiger partial charge in [-0.2, -0.15) is 0 Å².